The summed E-state index contributed by atoms with van der Waals surface area (Å²) in [7, 11) is 1.57. The molecule has 118 valence electrons. The third-order valence-corrected chi connectivity index (χ3v) is 4.19. The van der Waals surface area contributed by atoms with Crippen LogP contribution in [0.25, 0.3) is 0 Å². The number of imide groups is 1. The van der Waals surface area contributed by atoms with Crippen LogP contribution in [0.1, 0.15) is 6.42 Å². The summed E-state index contributed by atoms with van der Waals surface area (Å²) < 4.78 is 6.05. The Labute approximate surface area is 142 Å². The van der Waals surface area contributed by atoms with Gasteiger partial charge in [0, 0.05) is 10.2 Å². The summed E-state index contributed by atoms with van der Waals surface area (Å²) in [5.74, 6) is 0.218. The maximum Gasteiger partial charge on any atom is 0.256 e. The molecule has 0 spiro atoms. The molecule has 0 aromatic heterocycles. The topological polar surface area (TPSA) is 58.6 Å². The summed E-state index contributed by atoms with van der Waals surface area (Å²) in [5.41, 5.74) is 1.36. The summed E-state index contributed by atoms with van der Waals surface area (Å²) in [6.07, 6.45) is 0.140. The minimum absolute atomic E-state index is 0.140. The van der Waals surface area contributed by atoms with E-state index in [2.05, 4.69) is 21.2 Å². The highest BCUT2D eigenvalue weighted by Gasteiger charge is 2.39. The van der Waals surface area contributed by atoms with Gasteiger partial charge in [0.15, 0.2) is 0 Å². The number of rotatable bonds is 4. The molecule has 23 heavy (non-hydrogen) atoms. The largest absolute Gasteiger partial charge is 0.497 e. The Morgan fingerprint density at radius 2 is 1.74 bits per heavy atom. The number of methoxy groups -OCH3 is 1. The Balaban J connectivity index is 1.77. The Kier molecular flexibility index (Phi) is 4.34. The second-order valence-electron chi connectivity index (χ2n) is 5.17. The Morgan fingerprint density at radius 1 is 1.09 bits per heavy atom. The standard InChI is InChI=1S/C17H15BrN2O3/c1-23-14-8-6-13(7-9-14)20-16(21)10-15(17(20)22)19-12-4-2-11(18)3-5-12/h2-9,15,19H,10H2,1H3/t15-/m1/s1. The van der Waals surface area contributed by atoms with Crippen molar-refractivity contribution in [2.24, 2.45) is 0 Å². The van der Waals surface area contributed by atoms with Crippen LogP contribution in [0.4, 0.5) is 11.4 Å². The van der Waals surface area contributed by atoms with Gasteiger partial charge in [0.2, 0.25) is 5.91 Å². The third kappa shape index (κ3) is 3.22. The molecule has 1 heterocycles. The number of anilines is 2. The molecule has 6 heteroatoms. The maximum atomic E-state index is 12.5. The van der Waals surface area contributed by atoms with Crippen LogP contribution >= 0.6 is 15.9 Å². The molecule has 5 nitrogen and oxygen atoms in total. The summed E-state index contributed by atoms with van der Waals surface area (Å²) in [6, 6.07) is 13.8. The van der Waals surface area contributed by atoms with E-state index in [0.29, 0.717) is 11.4 Å². The molecule has 1 N–H and O–H groups in total. The normalized spacial score (nSPS) is 17.5. The van der Waals surface area contributed by atoms with Crippen LogP contribution < -0.4 is 15.0 Å². The minimum atomic E-state index is -0.550. The molecule has 0 aliphatic carbocycles. The number of nitrogens with zero attached hydrogens (tertiary/aromatic N) is 1. The zero-order valence-corrected chi connectivity index (χ0v) is 14.0. The van der Waals surface area contributed by atoms with E-state index in [1.807, 2.05) is 24.3 Å². The van der Waals surface area contributed by atoms with Crippen LogP contribution in [0, 0.1) is 0 Å². The molecular weight excluding hydrogens is 360 g/mol. The van der Waals surface area contributed by atoms with Gasteiger partial charge >= 0.3 is 0 Å². The zero-order valence-electron chi connectivity index (χ0n) is 12.5. The highest BCUT2D eigenvalue weighted by molar-refractivity contribution is 9.10. The molecule has 0 saturated carbocycles. The van der Waals surface area contributed by atoms with Gasteiger partial charge in [0.1, 0.15) is 11.8 Å². The molecule has 0 bridgehead atoms. The number of nitrogens with one attached hydrogen (secondary N) is 1. The van der Waals surface area contributed by atoms with Crippen molar-refractivity contribution in [3.63, 3.8) is 0 Å². The van der Waals surface area contributed by atoms with Gasteiger partial charge in [-0.25, -0.2) is 4.90 Å². The van der Waals surface area contributed by atoms with Gasteiger partial charge in [-0.05, 0) is 48.5 Å². The lowest BCUT2D eigenvalue weighted by Crippen LogP contribution is -2.34. The number of benzene rings is 2. The Hall–Kier alpha value is -2.34. The molecule has 1 atom stereocenters. The van der Waals surface area contributed by atoms with Crippen molar-refractivity contribution in [1.29, 1.82) is 0 Å². The number of hydrogen-bond donors (Lipinski definition) is 1. The summed E-state index contributed by atoms with van der Waals surface area (Å²) in [6.45, 7) is 0. The highest BCUT2D eigenvalue weighted by Crippen LogP contribution is 2.27. The fourth-order valence-electron chi connectivity index (χ4n) is 2.49. The van der Waals surface area contributed by atoms with Crippen LogP contribution in [-0.4, -0.2) is 25.0 Å². The highest BCUT2D eigenvalue weighted by atomic mass is 79.9. The van der Waals surface area contributed by atoms with Gasteiger partial charge in [0.25, 0.3) is 5.91 Å². The van der Waals surface area contributed by atoms with E-state index in [4.69, 9.17) is 4.74 Å². The van der Waals surface area contributed by atoms with Gasteiger partial charge in [-0.15, -0.1) is 0 Å². The SMILES string of the molecule is COc1ccc(N2C(=O)C[C@@H](Nc3ccc(Br)cc3)C2=O)cc1. The van der Waals surface area contributed by atoms with E-state index >= 15 is 0 Å². The van der Waals surface area contributed by atoms with Crippen LogP contribution in [0.5, 0.6) is 5.75 Å². The summed E-state index contributed by atoms with van der Waals surface area (Å²) >= 11 is 3.36. The van der Waals surface area contributed by atoms with Gasteiger partial charge in [-0.1, -0.05) is 15.9 Å². The number of halogens is 1. The first kappa shape index (κ1) is 15.6. The van der Waals surface area contributed by atoms with Crippen LogP contribution in [0.3, 0.4) is 0 Å². The van der Waals surface area contributed by atoms with Crippen LogP contribution in [-0.2, 0) is 9.59 Å². The first-order chi connectivity index (χ1) is 11.1. The molecular formula is C17H15BrN2O3. The number of ether oxygens (including phenoxy) is 1. The van der Waals surface area contributed by atoms with E-state index in [0.717, 1.165) is 10.2 Å². The van der Waals surface area contributed by atoms with Crippen LogP contribution in [0.15, 0.2) is 53.0 Å². The number of hydrogen-bond acceptors (Lipinski definition) is 4. The molecule has 0 radical (unpaired) electrons. The molecule has 2 aromatic rings. The van der Waals surface area contributed by atoms with Crippen molar-refractivity contribution in [3.05, 3.63) is 53.0 Å². The summed E-state index contributed by atoms with van der Waals surface area (Å²) in [5, 5.41) is 3.11. The monoisotopic (exact) mass is 374 g/mol. The predicted octanol–water partition coefficient (Wildman–Crippen LogP) is 3.20. The molecule has 1 aliphatic rings. The number of amides is 2. The molecule has 1 fully saturated rings. The molecule has 3 rings (SSSR count). The van der Waals surface area contributed by atoms with E-state index in [1.54, 1.807) is 31.4 Å². The number of carbonyl (C=O) groups excluding carboxylic acids is 2. The molecule has 1 saturated heterocycles. The van der Waals surface area contributed by atoms with Gasteiger partial charge in [-0.3, -0.25) is 9.59 Å². The van der Waals surface area contributed by atoms with E-state index in [9.17, 15) is 9.59 Å². The maximum absolute atomic E-state index is 12.5. The quantitative estimate of drug-likeness (QED) is 0.834. The first-order valence-electron chi connectivity index (χ1n) is 7.11. The predicted molar refractivity (Wildman–Crippen MR) is 91.7 cm³/mol. The van der Waals surface area contributed by atoms with Crippen molar-refractivity contribution >= 4 is 39.1 Å². The van der Waals surface area contributed by atoms with Crippen molar-refractivity contribution in [2.45, 2.75) is 12.5 Å². The second-order valence-corrected chi connectivity index (χ2v) is 6.09. The first-order valence-corrected chi connectivity index (χ1v) is 7.91. The lowest BCUT2D eigenvalue weighted by atomic mass is 10.2. The van der Waals surface area contributed by atoms with Gasteiger partial charge in [0.05, 0.1) is 19.2 Å². The molecule has 1 aliphatic heterocycles. The average molecular weight is 375 g/mol. The average Bonchev–Trinajstić information content (AvgIpc) is 2.84. The lowest BCUT2D eigenvalue weighted by molar-refractivity contribution is -0.121. The lowest BCUT2D eigenvalue weighted by Gasteiger charge is -2.16. The fourth-order valence-corrected chi connectivity index (χ4v) is 2.76. The van der Waals surface area contributed by atoms with Crippen molar-refractivity contribution in [3.8, 4) is 5.75 Å². The zero-order chi connectivity index (χ0) is 16.4. The van der Waals surface area contributed by atoms with Crippen molar-refractivity contribution < 1.29 is 14.3 Å². The number of carbonyl (C=O) groups is 2. The Morgan fingerprint density at radius 3 is 2.35 bits per heavy atom. The molecule has 2 amide bonds. The van der Waals surface area contributed by atoms with Gasteiger partial charge in [-0.2, -0.15) is 0 Å². The van der Waals surface area contributed by atoms with E-state index in [-0.39, 0.29) is 18.2 Å². The summed E-state index contributed by atoms with van der Waals surface area (Å²) in [4.78, 5) is 26.0. The second kappa shape index (κ2) is 6.42. The van der Waals surface area contributed by atoms with Crippen LogP contribution in [0.2, 0.25) is 0 Å². The van der Waals surface area contributed by atoms with Crippen molar-refractivity contribution in [1.82, 2.24) is 0 Å². The fraction of sp³-hybridized carbons (Fsp3) is 0.176. The third-order valence-electron chi connectivity index (χ3n) is 3.66. The molecule has 2 aromatic carbocycles. The molecule has 0 unspecified atom stereocenters. The smallest absolute Gasteiger partial charge is 0.256 e. The van der Waals surface area contributed by atoms with Crippen molar-refractivity contribution in [2.75, 3.05) is 17.3 Å². The van der Waals surface area contributed by atoms with Gasteiger partial charge < -0.3 is 10.1 Å². The Bertz CT molecular complexity index is 729. The van der Waals surface area contributed by atoms with E-state index in [1.165, 1.54) is 4.90 Å². The minimum Gasteiger partial charge on any atom is -0.497 e. The van der Waals surface area contributed by atoms with E-state index < -0.39 is 6.04 Å².